The molecule has 2 fully saturated rings. The molecule has 0 bridgehead atoms. The van der Waals surface area contributed by atoms with Crippen LogP contribution in [0.15, 0.2) is 28.7 Å². The third-order valence-electron chi connectivity index (χ3n) is 4.32. The summed E-state index contributed by atoms with van der Waals surface area (Å²) in [5.41, 5.74) is 0.930. The van der Waals surface area contributed by atoms with Gasteiger partial charge in [-0.25, -0.2) is 8.42 Å². The van der Waals surface area contributed by atoms with Crippen LogP contribution in [-0.2, 0) is 19.6 Å². The number of imide groups is 1. The van der Waals surface area contributed by atoms with Gasteiger partial charge < -0.3 is 0 Å². The highest BCUT2D eigenvalue weighted by Crippen LogP contribution is 2.40. The molecular weight excluding hydrogens is 428 g/mol. The maximum absolute atomic E-state index is 12.8. The first kappa shape index (κ1) is 18.9. The Bertz CT molecular complexity index is 751. The molecule has 2 aliphatic rings. The average Bonchev–Trinajstić information content (AvgIpc) is 3.05. The molecule has 2 heterocycles. The predicted octanol–water partition coefficient (Wildman–Crippen LogP) is 2.37. The van der Waals surface area contributed by atoms with E-state index in [0.717, 1.165) is 20.7 Å². The summed E-state index contributed by atoms with van der Waals surface area (Å²) in [7, 11) is -3.56. The van der Waals surface area contributed by atoms with Gasteiger partial charge in [0.1, 0.15) is 0 Å². The predicted molar refractivity (Wildman–Crippen MR) is 100 cm³/mol. The zero-order valence-electron chi connectivity index (χ0n) is 13.6. The summed E-state index contributed by atoms with van der Waals surface area (Å²) in [6, 6.07) is 7.61. The first-order valence-electron chi connectivity index (χ1n) is 8.08. The van der Waals surface area contributed by atoms with E-state index in [1.165, 1.54) is 4.31 Å². The number of amides is 2. The molecule has 0 aliphatic carbocycles. The molecule has 6 nitrogen and oxygen atoms in total. The lowest BCUT2D eigenvalue weighted by atomic mass is 10.1. The molecule has 136 valence electrons. The number of thioether (sulfide) groups is 1. The van der Waals surface area contributed by atoms with Crippen molar-refractivity contribution >= 4 is 49.5 Å². The summed E-state index contributed by atoms with van der Waals surface area (Å²) >= 11 is 4.96. The summed E-state index contributed by atoms with van der Waals surface area (Å²) in [6.07, 6.45) is 1.18. The van der Waals surface area contributed by atoms with Crippen molar-refractivity contribution in [3.05, 3.63) is 34.3 Å². The average molecular weight is 447 g/mol. The van der Waals surface area contributed by atoms with Gasteiger partial charge >= 0.3 is 0 Å². The summed E-state index contributed by atoms with van der Waals surface area (Å²) in [5, 5.41) is -0.258. The van der Waals surface area contributed by atoms with Crippen molar-refractivity contribution in [3.8, 4) is 0 Å². The maximum Gasteiger partial charge on any atom is 0.229 e. The van der Waals surface area contributed by atoms with E-state index >= 15 is 0 Å². The number of rotatable bonds is 5. The van der Waals surface area contributed by atoms with Crippen LogP contribution >= 0.6 is 27.7 Å². The zero-order valence-corrected chi connectivity index (χ0v) is 16.8. The number of benzene rings is 1. The second-order valence-corrected chi connectivity index (χ2v) is 10.1. The van der Waals surface area contributed by atoms with Gasteiger partial charge in [-0.05, 0) is 24.1 Å². The number of hydrogen-bond donors (Lipinski definition) is 0. The molecular formula is C16H19BrN2O4S2. The highest BCUT2D eigenvalue weighted by Gasteiger charge is 2.37. The van der Waals surface area contributed by atoms with Crippen LogP contribution in [0.4, 0.5) is 0 Å². The Kier molecular flexibility index (Phi) is 5.87. The number of hydrogen-bond acceptors (Lipinski definition) is 5. The second-order valence-electron chi connectivity index (χ2n) is 5.99. The monoisotopic (exact) mass is 446 g/mol. The third kappa shape index (κ3) is 4.27. The number of likely N-dealkylation sites (tertiary alicyclic amines) is 1. The molecule has 0 aromatic heterocycles. The molecule has 9 heteroatoms. The quantitative estimate of drug-likeness (QED) is 0.648. The number of halogens is 1. The van der Waals surface area contributed by atoms with Crippen LogP contribution in [0.5, 0.6) is 0 Å². The number of sulfonamides is 1. The fourth-order valence-corrected chi connectivity index (χ4v) is 6.54. The minimum Gasteiger partial charge on any atom is -0.282 e. The fraction of sp³-hybridized carbons (Fsp3) is 0.500. The van der Waals surface area contributed by atoms with Crippen molar-refractivity contribution in [1.82, 2.24) is 9.21 Å². The van der Waals surface area contributed by atoms with Gasteiger partial charge in [0.15, 0.2) is 0 Å². The minimum atomic E-state index is -3.56. The first-order chi connectivity index (χ1) is 11.9. The lowest BCUT2D eigenvalue weighted by Gasteiger charge is -2.27. The smallest absolute Gasteiger partial charge is 0.229 e. The van der Waals surface area contributed by atoms with Crippen LogP contribution in [0.1, 0.15) is 30.2 Å². The Morgan fingerprint density at radius 2 is 1.76 bits per heavy atom. The molecule has 0 N–H and O–H groups in total. The fourth-order valence-electron chi connectivity index (χ4n) is 3.00. The van der Waals surface area contributed by atoms with E-state index in [1.54, 1.807) is 11.8 Å². The van der Waals surface area contributed by atoms with E-state index in [1.807, 2.05) is 24.3 Å². The van der Waals surface area contributed by atoms with E-state index in [9.17, 15) is 18.0 Å². The van der Waals surface area contributed by atoms with Crippen LogP contribution < -0.4 is 0 Å². The molecule has 2 aliphatic heterocycles. The van der Waals surface area contributed by atoms with Crippen LogP contribution in [0.3, 0.4) is 0 Å². The van der Waals surface area contributed by atoms with Crippen molar-refractivity contribution in [1.29, 1.82) is 0 Å². The molecule has 3 rings (SSSR count). The second kappa shape index (κ2) is 7.77. The SMILES string of the molecule is O=C1CCCC(=O)N1CCS(=O)(=O)N1CCSC1c1ccc(Br)cc1. The Hall–Kier alpha value is -0.900. The Balaban J connectivity index is 1.71. The van der Waals surface area contributed by atoms with Gasteiger partial charge in [0.2, 0.25) is 21.8 Å². The van der Waals surface area contributed by atoms with Crippen molar-refractivity contribution in [2.24, 2.45) is 0 Å². The third-order valence-corrected chi connectivity index (χ3v) is 8.05. The van der Waals surface area contributed by atoms with Crippen molar-refractivity contribution in [3.63, 3.8) is 0 Å². The number of carbonyl (C=O) groups is 2. The topological polar surface area (TPSA) is 74.8 Å². The Morgan fingerprint density at radius 3 is 2.40 bits per heavy atom. The standard InChI is InChI=1S/C16H19BrN2O4S2/c17-13-6-4-12(5-7-13)16-19(8-10-24-16)25(22,23)11-9-18-14(20)2-1-3-15(18)21/h4-7,16H,1-3,8-11H2. The largest absolute Gasteiger partial charge is 0.282 e. The lowest BCUT2D eigenvalue weighted by Crippen LogP contribution is -2.44. The summed E-state index contributed by atoms with van der Waals surface area (Å²) in [5.74, 6) is -0.0435. The van der Waals surface area contributed by atoms with Crippen LogP contribution in [0, 0.1) is 0 Å². The Morgan fingerprint density at radius 1 is 1.12 bits per heavy atom. The van der Waals surface area contributed by atoms with Gasteiger partial charge in [-0.15, -0.1) is 11.8 Å². The van der Waals surface area contributed by atoms with E-state index < -0.39 is 10.0 Å². The van der Waals surface area contributed by atoms with E-state index in [2.05, 4.69) is 15.9 Å². The number of piperidine rings is 1. The van der Waals surface area contributed by atoms with Crippen molar-refractivity contribution in [2.75, 3.05) is 24.6 Å². The molecule has 0 radical (unpaired) electrons. The molecule has 1 atom stereocenters. The molecule has 2 amide bonds. The molecule has 2 saturated heterocycles. The molecule has 1 unspecified atom stereocenters. The van der Waals surface area contributed by atoms with Crippen LogP contribution in [-0.4, -0.2) is 54.0 Å². The summed E-state index contributed by atoms with van der Waals surface area (Å²) < 4.78 is 28.0. The first-order valence-corrected chi connectivity index (χ1v) is 11.5. The summed E-state index contributed by atoms with van der Waals surface area (Å²) in [4.78, 5) is 24.8. The molecule has 1 aromatic carbocycles. The highest BCUT2D eigenvalue weighted by molar-refractivity contribution is 9.10. The zero-order chi connectivity index (χ0) is 18.0. The number of nitrogens with zero attached hydrogens (tertiary/aromatic N) is 2. The Labute approximate surface area is 160 Å². The molecule has 25 heavy (non-hydrogen) atoms. The van der Waals surface area contributed by atoms with Crippen molar-refractivity contribution < 1.29 is 18.0 Å². The van der Waals surface area contributed by atoms with Gasteiger partial charge in [0, 0.05) is 36.2 Å². The normalized spacial score (nSPS) is 22.6. The van der Waals surface area contributed by atoms with Gasteiger partial charge in [-0.1, -0.05) is 28.1 Å². The van der Waals surface area contributed by atoms with E-state index in [0.29, 0.717) is 25.8 Å². The van der Waals surface area contributed by atoms with Crippen LogP contribution in [0.2, 0.25) is 0 Å². The van der Waals surface area contributed by atoms with Gasteiger partial charge in [0.05, 0.1) is 11.1 Å². The molecule has 1 aromatic rings. The summed E-state index contributed by atoms with van der Waals surface area (Å²) in [6.45, 7) is 0.379. The highest BCUT2D eigenvalue weighted by atomic mass is 79.9. The van der Waals surface area contributed by atoms with E-state index in [-0.39, 0.29) is 29.5 Å². The van der Waals surface area contributed by atoms with Gasteiger partial charge in [0.25, 0.3) is 0 Å². The van der Waals surface area contributed by atoms with Crippen molar-refractivity contribution in [2.45, 2.75) is 24.6 Å². The maximum atomic E-state index is 12.8. The van der Waals surface area contributed by atoms with Gasteiger partial charge in [-0.3, -0.25) is 14.5 Å². The van der Waals surface area contributed by atoms with E-state index in [4.69, 9.17) is 0 Å². The molecule has 0 spiro atoms. The van der Waals surface area contributed by atoms with Gasteiger partial charge in [-0.2, -0.15) is 4.31 Å². The minimum absolute atomic E-state index is 0.0613. The van der Waals surface area contributed by atoms with Crippen LogP contribution in [0.25, 0.3) is 0 Å². The number of carbonyl (C=O) groups excluding carboxylic acids is 2. The molecule has 0 saturated carbocycles. The lowest BCUT2D eigenvalue weighted by molar-refractivity contribution is -0.147.